The van der Waals surface area contributed by atoms with E-state index in [4.69, 9.17) is 10.5 Å². The first-order valence-corrected chi connectivity index (χ1v) is 6.16. The lowest BCUT2D eigenvalue weighted by atomic mass is 9.83. The molecule has 0 fully saturated rings. The monoisotopic (exact) mass is 219 g/mol. The Kier molecular flexibility index (Phi) is 3.49. The molecule has 0 aliphatic carbocycles. The third kappa shape index (κ3) is 2.07. The van der Waals surface area contributed by atoms with Crippen molar-refractivity contribution in [2.24, 2.45) is 11.7 Å². The number of nitrogens with two attached hydrogens (primary N) is 1. The van der Waals surface area contributed by atoms with Gasteiger partial charge in [0.05, 0.1) is 6.61 Å². The molecule has 2 atom stereocenters. The molecule has 2 nitrogen and oxygen atoms in total. The number of ether oxygens (including phenoxy) is 1. The van der Waals surface area contributed by atoms with Crippen LogP contribution in [0.2, 0.25) is 0 Å². The normalized spacial score (nSPS) is 21.8. The summed E-state index contributed by atoms with van der Waals surface area (Å²) >= 11 is 0. The van der Waals surface area contributed by atoms with Crippen LogP contribution in [0, 0.1) is 12.8 Å². The third-order valence-corrected chi connectivity index (χ3v) is 3.61. The summed E-state index contributed by atoms with van der Waals surface area (Å²) in [6.45, 7) is 5.94. The Morgan fingerprint density at radius 3 is 3.06 bits per heavy atom. The van der Waals surface area contributed by atoms with E-state index in [0.29, 0.717) is 11.8 Å². The second-order valence-electron chi connectivity index (χ2n) is 4.80. The van der Waals surface area contributed by atoms with Crippen LogP contribution in [0.3, 0.4) is 0 Å². The van der Waals surface area contributed by atoms with Crippen LogP contribution in [-0.2, 0) is 0 Å². The summed E-state index contributed by atoms with van der Waals surface area (Å²) in [6, 6.07) is 6.44. The van der Waals surface area contributed by atoms with Crippen LogP contribution >= 0.6 is 0 Å². The SMILES string of the molecule is Cc1cccc2c1OCCCC2C(C)CN. The van der Waals surface area contributed by atoms with Crippen LogP contribution < -0.4 is 10.5 Å². The van der Waals surface area contributed by atoms with E-state index < -0.39 is 0 Å². The number of aryl methyl sites for hydroxylation is 1. The summed E-state index contributed by atoms with van der Waals surface area (Å²) in [5, 5.41) is 0. The van der Waals surface area contributed by atoms with Gasteiger partial charge in [-0.25, -0.2) is 0 Å². The Balaban J connectivity index is 2.40. The van der Waals surface area contributed by atoms with Crippen molar-refractivity contribution in [3.63, 3.8) is 0 Å². The van der Waals surface area contributed by atoms with Crippen LogP contribution in [0.4, 0.5) is 0 Å². The molecule has 0 aromatic heterocycles. The molecule has 0 saturated heterocycles. The molecule has 0 saturated carbocycles. The summed E-state index contributed by atoms with van der Waals surface area (Å²) in [4.78, 5) is 0. The molecule has 16 heavy (non-hydrogen) atoms. The third-order valence-electron chi connectivity index (χ3n) is 3.61. The molecule has 1 aromatic rings. The molecule has 0 bridgehead atoms. The summed E-state index contributed by atoms with van der Waals surface area (Å²) in [5.41, 5.74) is 8.41. The van der Waals surface area contributed by atoms with E-state index >= 15 is 0 Å². The van der Waals surface area contributed by atoms with Crippen LogP contribution in [0.15, 0.2) is 18.2 Å². The second-order valence-corrected chi connectivity index (χ2v) is 4.80. The smallest absolute Gasteiger partial charge is 0.125 e. The maximum Gasteiger partial charge on any atom is 0.125 e. The summed E-state index contributed by atoms with van der Waals surface area (Å²) < 4.78 is 5.86. The zero-order valence-electron chi connectivity index (χ0n) is 10.2. The predicted octanol–water partition coefficient (Wildman–Crippen LogP) is 2.85. The van der Waals surface area contributed by atoms with E-state index in [0.717, 1.165) is 25.3 Å². The van der Waals surface area contributed by atoms with Crippen LogP contribution in [0.25, 0.3) is 0 Å². The van der Waals surface area contributed by atoms with Gasteiger partial charge in [-0.05, 0) is 49.3 Å². The lowest BCUT2D eigenvalue weighted by molar-refractivity contribution is 0.312. The molecule has 0 radical (unpaired) electrons. The van der Waals surface area contributed by atoms with Crippen molar-refractivity contribution in [3.8, 4) is 5.75 Å². The molecule has 1 heterocycles. The van der Waals surface area contributed by atoms with Gasteiger partial charge in [0.2, 0.25) is 0 Å². The molecule has 88 valence electrons. The number of benzene rings is 1. The van der Waals surface area contributed by atoms with Gasteiger partial charge in [0, 0.05) is 0 Å². The Morgan fingerprint density at radius 2 is 2.31 bits per heavy atom. The van der Waals surface area contributed by atoms with E-state index in [-0.39, 0.29) is 0 Å². The summed E-state index contributed by atoms with van der Waals surface area (Å²) in [5.74, 6) is 2.19. The van der Waals surface area contributed by atoms with Crippen LogP contribution in [0.5, 0.6) is 5.75 Å². The highest BCUT2D eigenvalue weighted by atomic mass is 16.5. The minimum atomic E-state index is 0.530. The largest absolute Gasteiger partial charge is 0.493 e. The van der Waals surface area contributed by atoms with Gasteiger partial charge < -0.3 is 10.5 Å². The van der Waals surface area contributed by atoms with Crippen LogP contribution in [-0.4, -0.2) is 13.2 Å². The Morgan fingerprint density at radius 1 is 1.50 bits per heavy atom. The quantitative estimate of drug-likeness (QED) is 0.830. The van der Waals surface area contributed by atoms with Gasteiger partial charge in [-0.3, -0.25) is 0 Å². The number of para-hydroxylation sites is 1. The maximum atomic E-state index is 5.86. The molecular formula is C14H21NO. The van der Waals surface area contributed by atoms with E-state index in [1.807, 2.05) is 0 Å². The molecule has 2 heteroatoms. The molecule has 2 rings (SSSR count). The average molecular weight is 219 g/mol. The zero-order chi connectivity index (χ0) is 11.5. The van der Waals surface area contributed by atoms with Crippen molar-refractivity contribution in [2.45, 2.75) is 32.6 Å². The van der Waals surface area contributed by atoms with Crippen molar-refractivity contribution in [2.75, 3.05) is 13.2 Å². The minimum Gasteiger partial charge on any atom is -0.493 e. The first-order chi connectivity index (χ1) is 7.74. The van der Waals surface area contributed by atoms with Gasteiger partial charge in [-0.2, -0.15) is 0 Å². The van der Waals surface area contributed by atoms with Crippen molar-refractivity contribution in [1.29, 1.82) is 0 Å². The van der Waals surface area contributed by atoms with Gasteiger partial charge in [0.1, 0.15) is 5.75 Å². The fraction of sp³-hybridized carbons (Fsp3) is 0.571. The highest BCUT2D eigenvalue weighted by Gasteiger charge is 2.24. The molecule has 0 amide bonds. The molecule has 1 aliphatic rings. The van der Waals surface area contributed by atoms with Gasteiger partial charge >= 0.3 is 0 Å². The maximum absolute atomic E-state index is 5.86. The number of rotatable bonds is 2. The Labute approximate surface area is 97.8 Å². The first kappa shape index (κ1) is 11.5. The minimum absolute atomic E-state index is 0.530. The van der Waals surface area contributed by atoms with Crippen molar-refractivity contribution < 1.29 is 4.74 Å². The topological polar surface area (TPSA) is 35.2 Å². The van der Waals surface area contributed by atoms with Crippen LogP contribution in [0.1, 0.15) is 36.8 Å². The zero-order valence-corrected chi connectivity index (χ0v) is 10.2. The summed E-state index contributed by atoms with van der Waals surface area (Å²) in [6.07, 6.45) is 2.32. The number of hydrogen-bond donors (Lipinski definition) is 1. The number of fused-ring (bicyclic) bond motifs is 1. The van der Waals surface area contributed by atoms with Crippen molar-refractivity contribution >= 4 is 0 Å². The van der Waals surface area contributed by atoms with Crippen molar-refractivity contribution in [3.05, 3.63) is 29.3 Å². The molecule has 2 N–H and O–H groups in total. The Hall–Kier alpha value is -1.02. The molecule has 0 spiro atoms. The van der Waals surface area contributed by atoms with Gasteiger partial charge in [0.25, 0.3) is 0 Å². The van der Waals surface area contributed by atoms with E-state index in [1.165, 1.54) is 17.5 Å². The van der Waals surface area contributed by atoms with E-state index in [2.05, 4.69) is 32.0 Å². The van der Waals surface area contributed by atoms with Gasteiger partial charge in [-0.15, -0.1) is 0 Å². The fourth-order valence-electron chi connectivity index (χ4n) is 2.55. The molecule has 1 aliphatic heterocycles. The predicted molar refractivity (Wildman–Crippen MR) is 66.9 cm³/mol. The standard InChI is InChI=1S/C14H21NO/c1-10-5-3-6-13-12(11(2)9-15)7-4-8-16-14(10)13/h3,5-6,11-12H,4,7-9,15H2,1-2H3. The molecule has 1 aromatic carbocycles. The molecule has 2 unspecified atom stereocenters. The first-order valence-electron chi connectivity index (χ1n) is 6.16. The lowest BCUT2D eigenvalue weighted by Crippen LogP contribution is -2.19. The van der Waals surface area contributed by atoms with E-state index in [1.54, 1.807) is 0 Å². The second kappa shape index (κ2) is 4.88. The van der Waals surface area contributed by atoms with Gasteiger partial charge in [0.15, 0.2) is 0 Å². The lowest BCUT2D eigenvalue weighted by Gasteiger charge is -2.23. The highest BCUT2D eigenvalue weighted by molar-refractivity contribution is 5.43. The average Bonchev–Trinajstić information content (AvgIpc) is 2.51. The Bertz CT molecular complexity index is 362. The van der Waals surface area contributed by atoms with E-state index in [9.17, 15) is 0 Å². The molecular weight excluding hydrogens is 198 g/mol. The van der Waals surface area contributed by atoms with Gasteiger partial charge in [-0.1, -0.05) is 25.1 Å². The van der Waals surface area contributed by atoms with Crippen molar-refractivity contribution in [1.82, 2.24) is 0 Å². The number of hydrogen-bond acceptors (Lipinski definition) is 2. The summed E-state index contributed by atoms with van der Waals surface area (Å²) in [7, 11) is 0. The fourth-order valence-corrected chi connectivity index (χ4v) is 2.55. The highest BCUT2D eigenvalue weighted by Crippen LogP contribution is 2.39.